The Morgan fingerprint density at radius 1 is 1.25 bits per heavy atom. The first-order valence-corrected chi connectivity index (χ1v) is 6.70. The van der Waals surface area contributed by atoms with Gasteiger partial charge in [-0.3, -0.25) is 0 Å². The fraction of sp³-hybridized carbons (Fsp3) is 0.400. The summed E-state index contributed by atoms with van der Waals surface area (Å²) in [5.74, 6) is 1.34. The molecule has 0 N–H and O–H groups in total. The second kappa shape index (κ2) is 4.37. The maximum absolute atomic E-state index is 11.9. The first kappa shape index (κ1) is 11.3. The van der Waals surface area contributed by atoms with E-state index >= 15 is 0 Å². The molecule has 0 saturated carbocycles. The lowest BCUT2D eigenvalue weighted by molar-refractivity contribution is -0.0498. The summed E-state index contributed by atoms with van der Waals surface area (Å²) in [5.41, 5.74) is 0.548. The van der Waals surface area contributed by atoms with Gasteiger partial charge in [0, 0.05) is 11.5 Å². The zero-order chi connectivity index (χ0) is 11.6. The van der Waals surface area contributed by atoms with E-state index in [-0.39, 0.29) is 5.75 Å². The van der Waals surface area contributed by atoms with Crippen LogP contribution in [-0.4, -0.2) is 22.3 Å². The molecule has 1 aromatic carbocycles. The third-order valence-electron chi connectivity index (χ3n) is 2.26. The highest BCUT2D eigenvalue weighted by Crippen LogP contribution is 2.24. The number of alkyl halides is 2. The Kier molecular flexibility index (Phi) is 3.09. The van der Waals surface area contributed by atoms with Crippen molar-refractivity contribution in [3.8, 4) is 5.75 Å². The van der Waals surface area contributed by atoms with E-state index in [4.69, 9.17) is 0 Å². The van der Waals surface area contributed by atoms with Crippen LogP contribution in [-0.2, 0) is 9.73 Å². The number of benzene rings is 1. The Morgan fingerprint density at radius 3 is 2.31 bits per heavy atom. The topological polar surface area (TPSA) is 38.7 Å². The van der Waals surface area contributed by atoms with Crippen LogP contribution in [0.25, 0.3) is 0 Å². The molecule has 16 heavy (non-hydrogen) atoms. The van der Waals surface area contributed by atoms with E-state index in [1.807, 2.05) is 0 Å². The minimum atomic E-state index is -2.83. The lowest BCUT2D eigenvalue weighted by Crippen LogP contribution is -2.22. The highest BCUT2D eigenvalue weighted by Gasteiger charge is 2.18. The van der Waals surface area contributed by atoms with Gasteiger partial charge in [-0.05, 0) is 30.7 Å². The van der Waals surface area contributed by atoms with E-state index in [0.29, 0.717) is 17.2 Å². The van der Waals surface area contributed by atoms with E-state index in [1.165, 1.54) is 24.3 Å². The van der Waals surface area contributed by atoms with Crippen LogP contribution in [0.5, 0.6) is 5.75 Å². The van der Waals surface area contributed by atoms with Crippen LogP contribution in [0.2, 0.25) is 0 Å². The average molecular weight is 247 g/mol. The molecule has 2 rings (SSSR count). The summed E-state index contributed by atoms with van der Waals surface area (Å²) in [4.78, 5) is 0. The van der Waals surface area contributed by atoms with E-state index in [1.54, 1.807) is 0 Å². The third-order valence-corrected chi connectivity index (χ3v) is 4.66. The minimum absolute atomic E-state index is 0.0810. The zero-order valence-electron chi connectivity index (χ0n) is 8.44. The Morgan fingerprint density at radius 2 is 1.88 bits per heavy atom. The molecule has 0 radical (unpaired) electrons. The van der Waals surface area contributed by atoms with Gasteiger partial charge in [-0.2, -0.15) is 13.1 Å². The highest BCUT2D eigenvalue weighted by molar-refractivity contribution is 7.95. The number of hydrogen-bond acceptors (Lipinski definition) is 3. The molecule has 0 bridgehead atoms. The second-order valence-electron chi connectivity index (χ2n) is 3.50. The third kappa shape index (κ3) is 2.69. The maximum Gasteiger partial charge on any atom is 0.387 e. The van der Waals surface area contributed by atoms with Gasteiger partial charge in [-0.25, -0.2) is 4.21 Å². The van der Waals surface area contributed by atoms with Gasteiger partial charge in [0.2, 0.25) is 0 Å². The Balaban J connectivity index is 2.14. The summed E-state index contributed by atoms with van der Waals surface area (Å²) in [5, 5.41) is 0. The van der Waals surface area contributed by atoms with E-state index < -0.39 is 16.3 Å². The molecule has 6 heteroatoms. The molecule has 1 heterocycles. The largest absolute Gasteiger partial charge is 0.435 e. The highest BCUT2D eigenvalue weighted by atomic mass is 32.2. The molecule has 1 aliphatic heterocycles. The maximum atomic E-state index is 11.9. The fourth-order valence-electron chi connectivity index (χ4n) is 1.36. The number of ether oxygens (including phenoxy) is 1. The number of halogens is 2. The van der Waals surface area contributed by atoms with Crippen molar-refractivity contribution in [2.75, 3.05) is 11.5 Å². The van der Waals surface area contributed by atoms with Crippen LogP contribution < -0.4 is 4.74 Å². The van der Waals surface area contributed by atoms with Gasteiger partial charge in [0.1, 0.15) is 5.75 Å². The van der Waals surface area contributed by atoms with Crippen molar-refractivity contribution in [2.24, 2.45) is 4.36 Å². The fourth-order valence-corrected chi connectivity index (χ4v) is 2.83. The molecular weight excluding hydrogens is 236 g/mol. The van der Waals surface area contributed by atoms with E-state index in [2.05, 4.69) is 9.10 Å². The molecule has 0 aromatic heterocycles. The van der Waals surface area contributed by atoms with Crippen molar-refractivity contribution < 1.29 is 17.7 Å². The predicted octanol–water partition coefficient (Wildman–Crippen LogP) is 2.79. The lowest BCUT2D eigenvalue weighted by Gasteiger charge is -2.17. The van der Waals surface area contributed by atoms with Gasteiger partial charge < -0.3 is 4.74 Å². The minimum Gasteiger partial charge on any atom is -0.435 e. The van der Waals surface area contributed by atoms with Crippen molar-refractivity contribution >= 4 is 15.4 Å². The molecule has 0 spiro atoms. The van der Waals surface area contributed by atoms with E-state index in [0.717, 1.165) is 6.42 Å². The SMILES string of the molecule is O=S1(=Nc2ccc(OC(F)F)cc2)CCC1. The normalized spacial score (nSPS) is 17.9. The van der Waals surface area contributed by atoms with Crippen LogP contribution in [0.4, 0.5) is 14.5 Å². The Bertz CT molecular complexity index is 468. The van der Waals surface area contributed by atoms with Crippen LogP contribution >= 0.6 is 0 Å². The van der Waals surface area contributed by atoms with Gasteiger partial charge in [-0.15, -0.1) is 0 Å². The molecule has 88 valence electrons. The van der Waals surface area contributed by atoms with Crippen molar-refractivity contribution in [2.45, 2.75) is 13.0 Å². The summed E-state index contributed by atoms with van der Waals surface area (Å²) in [6.07, 6.45) is 0.939. The molecule has 0 atom stereocenters. The standard InChI is InChI=1S/C10H11F2NO2S/c11-10(12)15-9-4-2-8(3-5-9)13-16(14)6-1-7-16/h2-5,10H,1,6-7H2. The van der Waals surface area contributed by atoms with Crippen molar-refractivity contribution in [3.63, 3.8) is 0 Å². The summed E-state index contributed by atoms with van der Waals surface area (Å²) in [7, 11) is -2.04. The lowest BCUT2D eigenvalue weighted by atomic mass is 10.3. The van der Waals surface area contributed by atoms with E-state index in [9.17, 15) is 13.0 Å². The molecule has 1 aromatic rings. The molecule has 1 aliphatic rings. The molecule has 0 unspecified atom stereocenters. The molecular formula is C10H11F2NO2S. The molecule has 3 nitrogen and oxygen atoms in total. The van der Waals surface area contributed by atoms with Gasteiger partial charge in [-0.1, -0.05) is 0 Å². The number of nitrogens with zero attached hydrogens (tertiary/aromatic N) is 1. The smallest absolute Gasteiger partial charge is 0.387 e. The van der Waals surface area contributed by atoms with Crippen molar-refractivity contribution in [1.29, 1.82) is 0 Å². The summed E-state index contributed by atoms with van der Waals surface area (Å²) >= 11 is 0. The number of rotatable bonds is 3. The van der Waals surface area contributed by atoms with Gasteiger partial charge in [0.05, 0.1) is 15.4 Å². The van der Waals surface area contributed by atoms with Crippen molar-refractivity contribution in [3.05, 3.63) is 24.3 Å². The summed E-state index contributed by atoms with van der Waals surface area (Å²) in [6.45, 7) is -2.83. The van der Waals surface area contributed by atoms with Crippen molar-refractivity contribution in [1.82, 2.24) is 0 Å². The molecule has 1 saturated heterocycles. The Hall–Kier alpha value is -1.17. The number of hydrogen-bond donors (Lipinski definition) is 0. The Labute approximate surface area is 92.6 Å². The van der Waals surface area contributed by atoms with Crippen LogP contribution in [0.3, 0.4) is 0 Å². The quantitative estimate of drug-likeness (QED) is 0.823. The molecule has 1 fully saturated rings. The summed E-state index contributed by atoms with van der Waals surface area (Å²) in [6, 6.07) is 5.85. The molecule has 0 amide bonds. The predicted molar refractivity (Wildman–Crippen MR) is 57.7 cm³/mol. The molecule has 0 aliphatic carbocycles. The van der Waals surface area contributed by atoms with Crippen LogP contribution in [0.15, 0.2) is 28.6 Å². The zero-order valence-corrected chi connectivity index (χ0v) is 9.25. The van der Waals surface area contributed by atoms with Gasteiger partial charge in [0.15, 0.2) is 0 Å². The summed E-state index contributed by atoms with van der Waals surface area (Å²) < 4.78 is 43.8. The average Bonchev–Trinajstić information content (AvgIpc) is 2.18. The monoisotopic (exact) mass is 247 g/mol. The van der Waals surface area contributed by atoms with Crippen LogP contribution in [0, 0.1) is 0 Å². The van der Waals surface area contributed by atoms with Gasteiger partial charge in [0.25, 0.3) is 0 Å². The first-order chi connectivity index (χ1) is 7.57. The second-order valence-corrected chi connectivity index (χ2v) is 6.04. The first-order valence-electron chi connectivity index (χ1n) is 4.85. The van der Waals surface area contributed by atoms with Gasteiger partial charge >= 0.3 is 6.61 Å². The van der Waals surface area contributed by atoms with Crippen LogP contribution in [0.1, 0.15) is 6.42 Å².